The van der Waals surface area contributed by atoms with E-state index in [-0.39, 0.29) is 0 Å². The van der Waals surface area contributed by atoms with Gasteiger partial charge in [0.05, 0.1) is 16.3 Å². The highest BCUT2D eigenvalue weighted by Crippen LogP contribution is 2.39. The number of halogens is 1. The quantitative estimate of drug-likeness (QED) is 0.181. The first-order valence-corrected chi connectivity index (χ1v) is 16.4. The van der Waals surface area contributed by atoms with E-state index in [4.69, 9.17) is 10.7 Å². The number of hydrogen-bond donors (Lipinski definition) is 1. The van der Waals surface area contributed by atoms with Crippen LogP contribution in [0.1, 0.15) is 19.8 Å². The van der Waals surface area contributed by atoms with Crippen LogP contribution in [0.25, 0.3) is 31.9 Å². The number of hydrogen-bond acceptors (Lipinski definition) is 4. The van der Waals surface area contributed by atoms with Gasteiger partial charge >= 0.3 is 0 Å². The van der Waals surface area contributed by atoms with Gasteiger partial charge in [0.15, 0.2) is 6.29 Å². The van der Waals surface area contributed by atoms with Crippen molar-refractivity contribution < 1.29 is 0 Å². The number of thiophene rings is 2. The van der Waals surface area contributed by atoms with Gasteiger partial charge in [0.1, 0.15) is 4.83 Å². The van der Waals surface area contributed by atoms with Gasteiger partial charge in [0.2, 0.25) is 0 Å². The molecule has 0 spiro atoms. The number of rotatable bonds is 6. The molecule has 2 nitrogen and oxygen atoms in total. The number of unbranched alkanes of at least 4 members (excludes halogenated alkanes) is 1. The van der Waals surface area contributed by atoms with Crippen molar-refractivity contribution >= 4 is 71.2 Å². The van der Waals surface area contributed by atoms with E-state index >= 15 is 0 Å². The van der Waals surface area contributed by atoms with Crippen molar-refractivity contribution in [3.63, 3.8) is 0 Å². The van der Waals surface area contributed by atoms with E-state index in [9.17, 15) is 0 Å². The van der Waals surface area contributed by atoms with Crippen molar-refractivity contribution in [2.45, 2.75) is 25.8 Å². The monoisotopic (exact) mass is 520 g/mol. The number of nitrogen functional groups attached to an aromatic ring is 1. The normalized spacial score (nSPS) is 12.5. The molecule has 3 heterocycles. The van der Waals surface area contributed by atoms with Crippen molar-refractivity contribution in [1.82, 2.24) is 4.98 Å². The molecule has 1 atom stereocenters. The Morgan fingerprint density at radius 1 is 1.15 bits per heavy atom. The zero-order chi connectivity index (χ0) is 18.8. The van der Waals surface area contributed by atoms with Crippen molar-refractivity contribution in [3.05, 3.63) is 53.9 Å². The molecule has 0 radical (unpaired) electrons. The molecule has 0 aliphatic heterocycles. The van der Waals surface area contributed by atoms with Gasteiger partial charge in [-0.2, -0.15) is 0 Å². The van der Waals surface area contributed by atoms with Crippen LogP contribution < -0.4 is 10.2 Å². The molecule has 4 aromatic rings. The lowest BCUT2D eigenvalue weighted by molar-refractivity contribution is 0.881. The molecule has 0 amide bonds. The van der Waals surface area contributed by atoms with Crippen LogP contribution in [0.15, 0.2) is 53.9 Å². The predicted molar refractivity (Wildman–Crippen MR) is 133 cm³/mol. The number of fused-ring (bicyclic) bond motifs is 1. The fourth-order valence-electron chi connectivity index (χ4n) is 3.28. The number of nitrogens with zero attached hydrogens (tertiary/aromatic N) is 1. The Bertz CT molecular complexity index is 1050. The fraction of sp³-hybridized carbons (Fsp3) is 0.190. The number of anilines is 1. The number of benzene rings is 1. The van der Waals surface area contributed by atoms with Gasteiger partial charge in [-0.25, -0.2) is 4.98 Å². The van der Waals surface area contributed by atoms with Crippen molar-refractivity contribution in [3.8, 4) is 21.7 Å². The summed E-state index contributed by atoms with van der Waals surface area (Å²) in [4.78, 5) is 7.30. The summed E-state index contributed by atoms with van der Waals surface area (Å²) in [5.74, 6) is 0. The van der Waals surface area contributed by atoms with Crippen molar-refractivity contribution in [1.29, 1.82) is 0 Å². The Hall–Kier alpha value is -1.22. The molecule has 0 saturated heterocycles. The Balaban J connectivity index is 1.93. The molecule has 3 aromatic heterocycles. The molecule has 0 aliphatic carbocycles. The second kappa shape index (κ2) is 8.42. The molecule has 0 fully saturated rings. The topological polar surface area (TPSA) is 38.9 Å². The molecule has 2 N–H and O–H groups in total. The second-order valence-corrected chi connectivity index (χ2v) is 15.6. The fourth-order valence-corrected chi connectivity index (χ4v) is 11.0. The van der Waals surface area contributed by atoms with Gasteiger partial charge in [0.25, 0.3) is 0 Å². The van der Waals surface area contributed by atoms with E-state index in [0.29, 0.717) is 0 Å². The molecule has 6 heteroatoms. The van der Waals surface area contributed by atoms with Crippen LogP contribution >= 0.6 is 44.5 Å². The average Bonchev–Trinajstić information content (AvgIpc) is 3.35. The van der Waals surface area contributed by atoms with Gasteiger partial charge in [-0.1, -0.05) is 56.2 Å². The van der Waals surface area contributed by atoms with Crippen LogP contribution in [-0.2, 0) is 0 Å². The van der Waals surface area contributed by atoms with Gasteiger partial charge in [-0.05, 0) is 34.7 Å². The first-order valence-electron chi connectivity index (χ1n) is 9.15. The molecule has 4 rings (SSSR count). The summed E-state index contributed by atoms with van der Waals surface area (Å²) >= 11 is 6.24. The third-order valence-corrected chi connectivity index (χ3v) is 14.5. The lowest BCUT2D eigenvalue weighted by Gasteiger charge is -2.09. The summed E-state index contributed by atoms with van der Waals surface area (Å²) in [5.41, 5.74) is 11.2. The Labute approximate surface area is 182 Å². The first-order chi connectivity index (χ1) is 13.2. The maximum Gasteiger partial charge on any atom is 0.155 e. The summed E-state index contributed by atoms with van der Waals surface area (Å²) in [5, 5.41) is 3.25. The van der Waals surface area contributed by atoms with Crippen LogP contribution in [0.2, 0.25) is 6.04 Å². The van der Waals surface area contributed by atoms with E-state index in [2.05, 4.69) is 82.6 Å². The smallest absolute Gasteiger partial charge is 0.155 e. The molecule has 138 valence electrons. The Morgan fingerprint density at radius 2 is 1.96 bits per heavy atom. The SMILES string of the molecule is CCCC[SiH](I)c1sc2nc(-c3cccs3)cc(-c3ccccc3)c2c1N. The zero-order valence-corrected chi connectivity index (χ0v) is 20.1. The Morgan fingerprint density at radius 3 is 2.67 bits per heavy atom. The van der Waals surface area contributed by atoms with Crippen LogP contribution in [-0.4, -0.2) is 11.3 Å². The Kier molecular flexibility index (Phi) is 5.96. The summed E-state index contributed by atoms with van der Waals surface area (Å²) in [6.07, 6.45) is 1.47. The largest absolute Gasteiger partial charge is 0.398 e. The molecular formula is C21H21IN2S2Si. The van der Waals surface area contributed by atoms with Crippen LogP contribution in [0.5, 0.6) is 0 Å². The highest BCUT2D eigenvalue weighted by atomic mass is 127. The van der Waals surface area contributed by atoms with Crippen LogP contribution in [0, 0.1) is 0 Å². The van der Waals surface area contributed by atoms with Gasteiger partial charge < -0.3 is 5.73 Å². The maximum absolute atomic E-state index is 6.72. The van der Waals surface area contributed by atoms with E-state index in [1.807, 2.05) is 11.3 Å². The minimum atomic E-state index is -1.06. The van der Waals surface area contributed by atoms with Gasteiger partial charge in [0, 0.05) is 9.89 Å². The summed E-state index contributed by atoms with van der Waals surface area (Å²) in [6.45, 7) is 2.26. The molecule has 27 heavy (non-hydrogen) atoms. The minimum absolute atomic E-state index is 0.973. The second-order valence-electron chi connectivity index (χ2n) is 6.57. The lowest BCUT2D eigenvalue weighted by atomic mass is 10.0. The summed E-state index contributed by atoms with van der Waals surface area (Å²) < 4.78 is 1.41. The standard InChI is InChI=1S/C21H21IN2S2Si/c1-2-3-12-27(22)21-19(23)18-15(14-8-5-4-6-9-14)13-16(24-20(18)26-21)17-10-7-11-25-17/h4-11,13,27H,2-3,12,23H2,1H3. The number of nitrogens with two attached hydrogens (primary N) is 1. The van der Waals surface area contributed by atoms with Crippen LogP contribution in [0.3, 0.4) is 0 Å². The third kappa shape index (κ3) is 3.85. The highest BCUT2D eigenvalue weighted by molar-refractivity contribution is 14.1. The van der Waals surface area contributed by atoms with Crippen molar-refractivity contribution in [2.75, 3.05) is 5.73 Å². The van der Waals surface area contributed by atoms with E-state index in [1.165, 1.54) is 39.4 Å². The molecular weight excluding hydrogens is 499 g/mol. The van der Waals surface area contributed by atoms with Gasteiger partial charge in [-0.3, -0.25) is 0 Å². The molecule has 0 bridgehead atoms. The number of aromatic nitrogens is 1. The minimum Gasteiger partial charge on any atom is -0.398 e. The number of pyridine rings is 1. The zero-order valence-electron chi connectivity index (χ0n) is 15.1. The molecule has 0 saturated carbocycles. The predicted octanol–water partition coefficient (Wildman–Crippen LogP) is 6.44. The maximum atomic E-state index is 6.72. The van der Waals surface area contributed by atoms with Gasteiger partial charge in [-0.15, -0.1) is 44.5 Å². The van der Waals surface area contributed by atoms with Crippen LogP contribution in [0.4, 0.5) is 5.69 Å². The van der Waals surface area contributed by atoms with Crippen molar-refractivity contribution in [2.24, 2.45) is 0 Å². The average molecular weight is 521 g/mol. The molecule has 1 unspecified atom stereocenters. The lowest BCUT2D eigenvalue weighted by Crippen LogP contribution is -2.22. The van der Waals surface area contributed by atoms with E-state index in [0.717, 1.165) is 21.6 Å². The summed E-state index contributed by atoms with van der Waals surface area (Å²) in [7, 11) is 0. The highest BCUT2D eigenvalue weighted by Gasteiger charge is 2.22. The molecule has 1 aromatic carbocycles. The molecule has 0 aliphatic rings. The van der Waals surface area contributed by atoms with E-state index in [1.54, 1.807) is 11.3 Å². The third-order valence-electron chi connectivity index (χ3n) is 4.68. The first kappa shape index (κ1) is 19.1. The summed E-state index contributed by atoms with van der Waals surface area (Å²) in [6, 6.07) is 18.3. The van der Waals surface area contributed by atoms with E-state index < -0.39 is 6.29 Å².